The Hall–Kier alpha value is -0.930. The van der Waals surface area contributed by atoms with E-state index in [0.29, 0.717) is 23.0 Å². The highest BCUT2D eigenvalue weighted by Gasteiger charge is 2.55. The molecule has 0 spiro atoms. The molecule has 0 saturated heterocycles. The van der Waals surface area contributed by atoms with E-state index in [0.717, 1.165) is 24.7 Å². The third kappa shape index (κ3) is 2.65. The van der Waals surface area contributed by atoms with Crippen molar-refractivity contribution in [3.63, 3.8) is 0 Å². The predicted octanol–water partition coefficient (Wildman–Crippen LogP) is 4.31. The van der Waals surface area contributed by atoms with E-state index in [1.807, 2.05) is 6.08 Å². The average Bonchev–Trinajstić information content (AvgIpc) is 2.98. The molecule has 4 aliphatic carbocycles. The summed E-state index contributed by atoms with van der Waals surface area (Å²) in [6, 6.07) is 0. The highest BCUT2D eigenvalue weighted by molar-refractivity contribution is 5.89. The maximum Gasteiger partial charge on any atom is 0.168 e. The van der Waals surface area contributed by atoms with E-state index in [1.165, 1.54) is 37.7 Å². The summed E-state index contributed by atoms with van der Waals surface area (Å²) >= 11 is 0. The third-order valence-electron chi connectivity index (χ3n) is 8.50. The molecule has 26 heavy (non-hydrogen) atoms. The minimum Gasteiger partial charge on any atom is -0.392 e. The highest BCUT2D eigenvalue weighted by atomic mass is 16.5. The van der Waals surface area contributed by atoms with Crippen molar-refractivity contribution >= 4 is 5.78 Å². The summed E-state index contributed by atoms with van der Waals surface area (Å²) in [7, 11) is 1.68. The van der Waals surface area contributed by atoms with Gasteiger partial charge in [0.25, 0.3) is 0 Å². The summed E-state index contributed by atoms with van der Waals surface area (Å²) in [6.45, 7) is 4.77. The Bertz CT molecular complexity index is 633. The van der Waals surface area contributed by atoms with Crippen LogP contribution in [0.15, 0.2) is 23.3 Å². The van der Waals surface area contributed by atoms with Gasteiger partial charge < -0.3 is 9.84 Å². The Morgan fingerprint density at radius 3 is 2.81 bits per heavy atom. The van der Waals surface area contributed by atoms with Crippen LogP contribution in [-0.2, 0) is 9.53 Å². The lowest BCUT2D eigenvalue weighted by molar-refractivity contribution is -0.133. The number of aliphatic hydroxyl groups is 1. The first kappa shape index (κ1) is 18.4. The van der Waals surface area contributed by atoms with E-state index in [2.05, 4.69) is 19.9 Å². The molecule has 4 aliphatic rings. The van der Waals surface area contributed by atoms with Gasteiger partial charge in [0.2, 0.25) is 0 Å². The number of carbonyl (C=O) groups is 1. The Morgan fingerprint density at radius 2 is 2.08 bits per heavy atom. The lowest BCUT2D eigenvalue weighted by Crippen LogP contribution is -2.47. The molecule has 1 N–H and O–H groups in total. The van der Waals surface area contributed by atoms with Crippen molar-refractivity contribution in [1.29, 1.82) is 0 Å². The fourth-order valence-corrected chi connectivity index (χ4v) is 7.21. The van der Waals surface area contributed by atoms with Crippen LogP contribution in [-0.4, -0.2) is 30.7 Å². The molecule has 0 heterocycles. The summed E-state index contributed by atoms with van der Waals surface area (Å²) in [5.41, 5.74) is 3.43. The SMILES string of the molecule is COC1CC2=C(C(C)C1=O)[C@H]1CC[C@]3(C)[C@H](C=CCO)CC[C@H]3[C@@H]1CC2. The maximum absolute atomic E-state index is 12.8. The zero-order chi connectivity index (χ0) is 18.5. The highest BCUT2D eigenvalue weighted by Crippen LogP contribution is 2.63. The van der Waals surface area contributed by atoms with E-state index in [9.17, 15) is 9.90 Å². The molecular weight excluding hydrogens is 324 g/mol. The Balaban J connectivity index is 1.62. The summed E-state index contributed by atoms with van der Waals surface area (Å²) in [4.78, 5) is 12.8. The van der Waals surface area contributed by atoms with Crippen molar-refractivity contribution < 1.29 is 14.6 Å². The molecule has 0 bridgehead atoms. The van der Waals surface area contributed by atoms with Gasteiger partial charge in [-0.05, 0) is 67.6 Å². The molecule has 2 saturated carbocycles. The fraction of sp³-hybridized carbons (Fsp3) is 0.783. The normalized spacial score (nSPS) is 45.6. The topological polar surface area (TPSA) is 46.5 Å². The van der Waals surface area contributed by atoms with Crippen molar-refractivity contribution in [1.82, 2.24) is 0 Å². The first-order chi connectivity index (χ1) is 12.5. The van der Waals surface area contributed by atoms with Crippen molar-refractivity contribution in [2.75, 3.05) is 13.7 Å². The van der Waals surface area contributed by atoms with Crippen molar-refractivity contribution in [2.45, 2.75) is 64.9 Å². The molecule has 2 fully saturated rings. The molecule has 3 nitrogen and oxygen atoms in total. The van der Waals surface area contributed by atoms with Gasteiger partial charge in [0.05, 0.1) is 6.61 Å². The van der Waals surface area contributed by atoms with E-state index in [-0.39, 0.29) is 18.6 Å². The first-order valence-electron chi connectivity index (χ1n) is 10.6. The van der Waals surface area contributed by atoms with Gasteiger partial charge in [-0.3, -0.25) is 4.79 Å². The lowest BCUT2D eigenvalue weighted by atomic mass is 9.52. The number of fused-ring (bicyclic) bond motifs is 4. The molecule has 4 rings (SSSR count). The van der Waals surface area contributed by atoms with Crippen LogP contribution in [0.2, 0.25) is 0 Å². The number of allylic oxidation sites excluding steroid dienone is 2. The van der Waals surface area contributed by atoms with E-state index in [4.69, 9.17) is 4.74 Å². The zero-order valence-electron chi connectivity index (χ0n) is 16.5. The second kappa shape index (κ2) is 6.91. The predicted molar refractivity (Wildman–Crippen MR) is 103 cm³/mol. The van der Waals surface area contributed by atoms with Crippen LogP contribution in [0.25, 0.3) is 0 Å². The van der Waals surface area contributed by atoms with Crippen molar-refractivity contribution in [2.24, 2.45) is 35.0 Å². The second-order valence-electron chi connectivity index (χ2n) is 9.37. The number of ether oxygens (including phenoxy) is 1. The van der Waals surface area contributed by atoms with Gasteiger partial charge in [-0.1, -0.05) is 37.1 Å². The largest absolute Gasteiger partial charge is 0.392 e. The number of carbonyl (C=O) groups excluding carboxylic acids is 1. The van der Waals surface area contributed by atoms with Crippen molar-refractivity contribution in [3.8, 4) is 0 Å². The second-order valence-corrected chi connectivity index (χ2v) is 9.37. The van der Waals surface area contributed by atoms with Crippen LogP contribution in [0, 0.1) is 35.0 Å². The summed E-state index contributed by atoms with van der Waals surface area (Å²) in [6.07, 6.45) is 12.4. The number of methoxy groups -OCH3 is 1. The number of rotatable bonds is 3. The molecular formula is C23H34O3. The molecule has 2 unspecified atom stereocenters. The van der Waals surface area contributed by atoms with Crippen LogP contribution in [0.4, 0.5) is 0 Å². The van der Waals surface area contributed by atoms with Gasteiger partial charge in [-0.15, -0.1) is 0 Å². The van der Waals surface area contributed by atoms with Crippen LogP contribution in [0.5, 0.6) is 0 Å². The van der Waals surface area contributed by atoms with Crippen LogP contribution >= 0.6 is 0 Å². The number of aliphatic hydroxyl groups excluding tert-OH is 1. The first-order valence-corrected chi connectivity index (χ1v) is 10.6. The van der Waals surface area contributed by atoms with Gasteiger partial charge in [0, 0.05) is 19.4 Å². The van der Waals surface area contributed by atoms with Gasteiger partial charge in [-0.2, -0.15) is 0 Å². The summed E-state index contributed by atoms with van der Waals surface area (Å²) < 4.78 is 5.48. The molecule has 0 aromatic carbocycles. The minimum atomic E-state index is -0.214. The van der Waals surface area contributed by atoms with E-state index >= 15 is 0 Å². The number of ketones is 1. The van der Waals surface area contributed by atoms with Crippen LogP contribution in [0.1, 0.15) is 58.8 Å². The van der Waals surface area contributed by atoms with Gasteiger partial charge in [-0.25, -0.2) is 0 Å². The third-order valence-corrected chi connectivity index (χ3v) is 8.50. The quantitative estimate of drug-likeness (QED) is 0.765. The molecule has 0 aromatic heterocycles. The summed E-state index contributed by atoms with van der Waals surface area (Å²) in [5, 5.41) is 9.18. The molecule has 7 atom stereocenters. The molecule has 144 valence electrons. The minimum absolute atomic E-state index is 0.0485. The average molecular weight is 359 g/mol. The van der Waals surface area contributed by atoms with E-state index < -0.39 is 0 Å². The molecule has 0 radical (unpaired) electrons. The number of hydrogen-bond acceptors (Lipinski definition) is 3. The summed E-state index contributed by atoms with van der Waals surface area (Å²) in [5.74, 6) is 3.09. The van der Waals surface area contributed by atoms with Crippen LogP contribution in [0.3, 0.4) is 0 Å². The van der Waals surface area contributed by atoms with E-state index in [1.54, 1.807) is 12.7 Å². The smallest absolute Gasteiger partial charge is 0.168 e. The molecule has 0 aromatic rings. The van der Waals surface area contributed by atoms with Gasteiger partial charge >= 0.3 is 0 Å². The Labute approximate surface area is 157 Å². The molecule has 0 amide bonds. The Kier molecular flexibility index (Phi) is 4.90. The fourth-order valence-electron chi connectivity index (χ4n) is 7.21. The number of Topliss-reactive ketones (excluding diaryl/α,β-unsaturated/α-hetero) is 1. The lowest BCUT2D eigenvalue weighted by Gasteiger charge is -2.53. The van der Waals surface area contributed by atoms with Gasteiger partial charge in [0.1, 0.15) is 6.10 Å². The standard InChI is InChI=1S/C23H34O3/c1-14-21-15(13-20(26-3)22(14)25)6-8-17-18(21)10-11-23(2)16(5-4-12-24)7-9-19(17)23/h4-5,14,16-20,24H,6-13H2,1-3H3/t14?,16-,17-,18+,19+,20?,23-/m1/s1. The van der Waals surface area contributed by atoms with Gasteiger partial charge in [0.15, 0.2) is 5.78 Å². The van der Waals surface area contributed by atoms with Crippen LogP contribution < -0.4 is 0 Å². The monoisotopic (exact) mass is 358 g/mol. The molecule has 0 aliphatic heterocycles. The molecule has 3 heteroatoms. The number of hydrogen-bond donors (Lipinski definition) is 1. The maximum atomic E-state index is 12.8. The van der Waals surface area contributed by atoms with Crippen molar-refractivity contribution in [3.05, 3.63) is 23.3 Å². The Morgan fingerprint density at radius 1 is 1.27 bits per heavy atom. The zero-order valence-corrected chi connectivity index (χ0v) is 16.5.